The van der Waals surface area contributed by atoms with E-state index in [4.69, 9.17) is 18.9 Å². The number of sulfonamides is 1. The third kappa shape index (κ3) is 12.6. The smallest absolute Gasteiger partial charge is 0.307 e. The topological polar surface area (TPSA) is 256 Å². The van der Waals surface area contributed by atoms with Gasteiger partial charge in [-0.2, -0.15) is 4.37 Å². The number of amides is 1. The van der Waals surface area contributed by atoms with E-state index in [0.29, 0.717) is 50.1 Å². The summed E-state index contributed by atoms with van der Waals surface area (Å²) >= 11 is 0.992. The molecule has 1 aliphatic carbocycles. The number of nitrogens with zero attached hydrogens (tertiary/aromatic N) is 3. The van der Waals surface area contributed by atoms with E-state index in [0.717, 1.165) is 18.7 Å². The van der Waals surface area contributed by atoms with Crippen molar-refractivity contribution in [1.29, 1.82) is 0 Å². The molecule has 2 aliphatic heterocycles. The summed E-state index contributed by atoms with van der Waals surface area (Å²) in [6, 6.07) is -0.393. The van der Waals surface area contributed by atoms with Crippen molar-refractivity contribution in [2.24, 2.45) is 11.8 Å². The van der Waals surface area contributed by atoms with Gasteiger partial charge in [0.1, 0.15) is 12.7 Å². The van der Waals surface area contributed by atoms with Crippen LogP contribution in [0.4, 0.5) is 5.82 Å². The van der Waals surface area contributed by atoms with Gasteiger partial charge in [-0.1, -0.05) is 6.92 Å². The van der Waals surface area contributed by atoms with Gasteiger partial charge >= 0.3 is 11.9 Å². The summed E-state index contributed by atoms with van der Waals surface area (Å²) in [6.45, 7) is 15.8. The number of ether oxygens (including phenoxy) is 4. The third-order valence-electron chi connectivity index (χ3n) is 10.1. The summed E-state index contributed by atoms with van der Waals surface area (Å²) in [5.74, 6) is -6.88. The Bertz CT molecular complexity index is 2020. The molecule has 3 aliphatic rings. The number of hydrogen-bond donors (Lipinski definition) is 3. The number of anilines is 1. The van der Waals surface area contributed by atoms with Crippen LogP contribution >= 0.6 is 11.7 Å². The lowest BCUT2D eigenvalue weighted by Gasteiger charge is -2.29. The van der Waals surface area contributed by atoms with Gasteiger partial charge in [-0.3, -0.25) is 24.0 Å². The molecule has 1 fully saturated rings. The van der Waals surface area contributed by atoms with Crippen LogP contribution in [0.15, 0.2) is 21.5 Å². The second-order valence-corrected chi connectivity index (χ2v) is 20.4. The number of esters is 2. The number of hydrogen-bond acceptors (Lipinski definition) is 19. The van der Waals surface area contributed by atoms with Crippen LogP contribution in [0.2, 0.25) is 0 Å². The van der Waals surface area contributed by atoms with Crippen molar-refractivity contribution in [2.45, 2.75) is 110 Å². The van der Waals surface area contributed by atoms with Gasteiger partial charge in [-0.15, -0.1) is 4.37 Å². The van der Waals surface area contributed by atoms with E-state index < -0.39 is 104 Å². The van der Waals surface area contributed by atoms with Gasteiger partial charge in [-0.05, 0) is 73.1 Å². The molecule has 3 heterocycles. The molecule has 1 aromatic heterocycles. The van der Waals surface area contributed by atoms with E-state index >= 15 is 0 Å². The van der Waals surface area contributed by atoms with Crippen molar-refractivity contribution >= 4 is 66.8 Å². The molecule has 0 radical (unpaired) electrons. The Labute approximate surface area is 349 Å². The van der Waals surface area contributed by atoms with Crippen LogP contribution < -0.4 is 25.0 Å². The first-order valence-electron chi connectivity index (χ1n) is 19.5. The standard InChI is InChI=1S/C37H56N6O13S3/c1-9-38-28-16-21(2)58(49,50)29-18-26(17-27(28)29)59(51,52)42-35(48)23(4)32(46)22(3)33(47)24(5)55-30(44)10-11-31(45)56-25(19-39-37(6,7)8)20-54-36-34(40-57-41-36)43-12-14-53-15-13-43/h17,21-25,28,38-39H,9-16,18-20H2,1-8H3,(H,42,48)/t21-,22+,23-,24-,25-,28-/m0/s1. The highest BCUT2D eigenvalue weighted by atomic mass is 32.2. The van der Waals surface area contributed by atoms with Crippen LogP contribution in [0, 0.1) is 11.8 Å². The number of ketones is 2. The normalized spacial score (nSPS) is 21.4. The molecule has 0 aromatic carbocycles. The number of nitrogens with one attached hydrogen (secondary N) is 3. The molecule has 4 rings (SSSR count). The van der Waals surface area contributed by atoms with Crippen LogP contribution in [0.25, 0.3) is 0 Å². The molecule has 0 unspecified atom stereocenters. The van der Waals surface area contributed by atoms with Crippen LogP contribution in [0.3, 0.4) is 0 Å². The molecule has 1 amide bonds. The van der Waals surface area contributed by atoms with Gasteiger partial charge in [0.05, 0.1) is 64.7 Å². The number of aromatic nitrogens is 2. The molecule has 59 heavy (non-hydrogen) atoms. The quantitative estimate of drug-likeness (QED) is 0.123. The first-order valence-corrected chi connectivity index (χ1v) is 23.3. The minimum atomic E-state index is -4.57. The highest BCUT2D eigenvalue weighted by molar-refractivity contribution is 7.96. The van der Waals surface area contributed by atoms with Crippen molar-refractivity contribution in [1.82, 2.24) is 24.1 Å². The monoisotopic (exact) mass is 888 g/mol. The number of carbonyl (C=O) groups is 5. The van der Waals surface area contributed by atoms with Gasteiger partial charge in [0.25, 0.3) is 15.9 Å². The van der Waals surface area contributed by atoms with Crippen molar-refractivity contribution in [3.8, 4) is 5.88 Å². The molecule has 6 atom stereocenters. The predicted octanol–water partition coefficient (Wildman–Crippen LogP) is 1.35. The molecule has 0 saturated carbocycles. The fourth-order valence-electron chi connectivity index (χ4n) is 6.57. The summed E-state index contributed by atoms with van der Waals surface area (Å²) in [6.07, 6.45) is -2.00. The van der Waals surface area contributed by atoms with Gasteiger partial charge in [0, 0.05) is 37.6 Å². The molecule has 22 heteroatoms. The predicted molar refractivity (Wildman–Crippen MR) is 216 cm³/mol. The number of carbonyl (C=O) groups excluding carboxylic acids is 5. The molecule has 19 nitrogen and oxygen atoms in total. The van der Waals surface area contributed by atoms with Crippen molar-refractivity contribution in [3.05, 3.63) is 21.5 Å². The second-order valence-electron chi connectivity index (χ2n) is 15.8. The summed E-state index contributed by atoms with van der Waals surface area (Å²) in [7, 11) is -8.34. The zero-order chi connectivity index (χ0) is 43.9. The fraction of sp³-hybridized carbons (Fsp3) is 0.703. The Morgan fingerprint density at radius 2 is 1.64 bits per heavy atom. The highest BCUT2D eigenvalue weighted by Crippen LogP contribution is 2.41. The van der Waals surface area contributed by atoms with Crippen molar-refractivity contribution in [2.75, 3.05) is 50.9 Å². The largest absolute Gasteiger partial charge is 0.470 e. The molecule has 330 valence electrons. The summed E-state index contributed by atoms with van der Waals surface area (Å²) < 4.78 is 85.1. The Morgan fingerprint density at radius 1 is 1.00 bits per heavy atom. The molecule has 0 bridgehead atoms. The maximum absolute atomic E-state index is 13.3. The van der Waals surface area contributed by atoms with Crippen molar-refractivity contribution < 1.29 is 59.8 Å². The fourth-order valence-corrected chi connectivity index (χ4v) is 10.2. The molecule has 0 spiro atoms. The number of Topliss-reactive ketones (excluding diaryl/α,β-unsaturated/α-hetero) is 2. The Kier molecular flexibility index (Phi) is 16.3. The number of morpholine rings is 1. The minimum Gasteiger partial charge on any atom is -0.470 e. The van der Waals surface area contributed by atoms with Gasteiger partial charge in [-0.25, -0.2) is 21.6 Å². The summed E-state index contributed by atoms with van der Waals surface area (Å²) in [5.41, 5.74) is 0.0103. The third-order valence-corrected chi connectivity index (χ3v) is 14.3. The lowest BCUT2D eigenvalue weighted by molar-refractivity contribution is -0.159. The van der Waals surface area contributed by atoms with Gasteiger partial charge in [0.15, 0.2) is 27.5 Å². The zero-order valence-corrected chi connectivity index (χ0v) is 37.1. The number of allylic oxidation sites excluding steroid dienone is 2. The van der Waals surface area contributed by atoms with E-state index in [1.54, 1.807) is 6.92 Å². The highest BCUT2D eigenvalue weighted by Gasteiger charge is 2.43. The van der Waals surface area contributed by atoms with E-state index in [1.165, 1.54) is 19.9 Å². The van der Waals surface area contributed by atoms with Crippen LogP contribution in [-0.4, -0.2) is 130 Å². The van der Waals surface area contributed by atoms with E-state index in [9.17, 15) is 40.8 Å². The molecular formula is C37H56N6O13S3. The van der Waals surface area contributed by atoms with Gasteiger partial charge in [0.2, 0.25) is 11.7 Å². The Morgan fingerprint density at radius 3 is 2.27 bits per heavy atom. The maximum atomic E-state index is 13.3. The van der Waals surface area contributed by atoms with E-state index in [-0.39, 0.29) is 34.9 Å². The van der Waals surface area contributed by atoms with Crippen LogP contribution in [0.5, 0.6) is 5.88 Å². The second kappa shape index (κ2) is 20.2. The van der Waals surface area contributed by atoms with E-state index in [1.807, 2.05) is 37.3 Å². The lowest BCUT2D eigenvalue weighted by atomic mass is 9.90. The molecule has 3 N–H and O–H groups in total. The Balaban J connectivity index is 1.27. The Hall–Kier alpha value is -3.83. The SMILES string of the molecule is CCN[C@H]1C[C@H](C)S(=O)(=O)C2=C1C=C(S(=O)(=O)NC(=O)[C@@H](C)C(=O)[C@@H](C)C(=O)[C@H](C)OC(=O)CCC(=O)O[C@@H](CNC(C)(C)C)COc1nsnc1N1CCOCC1)C2. The summed E-state index contributed by atoms with van der Waals surface area (Å²) in [4.78, 5) is 66.6. The van der Waals surface area contributed by atoms with E-state index in [2.05, 4.69) is 19.4 Å². The van der Waals surface area contributed by atoms with Crippen LogP contribution in [0.1, 0.15) is 81.1 Å². The minimum absolute atomic E-state index is 0.0233. The number of likely N-dealkylation sites (N-methyl/N-ethyl adjacent to an activating group) is 1. The zero-order valence-electron chi connectivity index (χ0n) is 34.7. The molecule has 1 aromatic rings. The number of rotatable bonds is 20. The average Bonchev–Trinajstić information content (AvgIpc) is 3.85. The van der Waals surface area contributed by atoms with Crippen LogP contribution in [-0.2, 0) is 58.0 Å². The maximum Gasteiger partial charge on any atom is 0.307 e. The van der Waals surface area contributed by atoms with Crippen molar-refractivity contribution in [3.63, 3.8) is 0 Å². The summed E-state index contributed by atoms with van der Waals surface area (Å²) in [5, 5.41) is 5.69. The first-order chi connectivity index (χ1) is 27.5. The molecular weight excluding hydrogens is 833 g/mol. The molecule has 1 saturated heterocycles. The lowest BCUT2D eigenvalue weighted by Crippen LogP contribution is -2.44. The first kappa shape index (κ1) is 47.8. The van der Waals surface area contributed by atoms with Gasteiger partial charge < -0.3 is 34.5 Å². The average molecular weight is 889 g/mol. The number of sulfone groups is 1.